The fraction of sp³-hybridized carbons (Fsp3) is 0.536. The van der Waals surface area contributed by atoms with Crippen molar-refractivity contribution < 1.29 is 14.3 Å². The number of carbonyl (C=O) groups excluding carboxylic acids is 1. The highest BCUT2D eigenvalue weighted by Crippen LogP contribution is 2.35. The summed E-state index contributed by atoms with van der Waals surface area (Å²) < 4.78 is 11.7. The van der Waals surface area contributed by atoms with Crippen LogP contribution in [0, 0.1) is 0 Å². The maximum Gasteiger partial charge on any atom is 0.254 e. The number of hydrogen-bond acceptors (Lipinski definition) is 4. The average molecular weight is 449 g/mol. The Kier molecular flexibility index (Phi) is 6.98. The van der Waals surface area contributed by atoms with Gasteiger partial charge in [-0.15, -0.1) is 0 Å². The normalized spacial score (nSPS) is 23.2. The van der Waals surface area contributed by atoms with E-state index in [1.165, 1.54) is 44.3 Å². The highest BCUT2D eigenvalue weighted by Gasteiger charge is 2.24. The molecule has 3 heterocycles. The zero-order chi connectivity index (χ0) is 22.6. The molecule has 5 nitrogen and oxygen atoms in total. The van der Waals surface area contributed by atoms with Crippen LogP contribution in [0.1, 0.15) is 54.9 Å². The van der Waals surface area contributed by atoms with Crippen LogP contribution in [0.3, 0.4) is 0 Å². The molecule has 0 spiro atoms. The second kappa shape index (κ2) is 10.3. The van der Waals surface area contributed by atoms with Crippen molar-refractivity contribution in [2.24, 2.45) is 0 Å². The summed E-state index contributed by atoms with van der Waals surface area (Å²) in [6.07, 6.45) is 7.70. The maximum absolute atomic E-state index is 12.7. The van der Waals surface area contributed by atoms with Crippen molar-refractivity contribution in [2.75, 3.05) is 39.4 Å². The molecule has 0 aromatic heterocycles. The summed E-state index contributed by atoms with van der Waals surface area (Å²) in [6.45, 7) is 7.40. The second-order valence-electron chi connectivity index (χ2n) is 9.77. The van der Waals surface area contributed by atoms with Gasteiger partial charge >= 0.3 is 0 Å². The van der Waals surface area contributed by atoms with Gasteiger partial charge in [0.2, 0.25) is 0 Å². The van der Waals surface area contributed by atoms with Crippen molar-refractivity contribution in [1.82, 2.24) is 9.80 Å². The third-order valence-electron chi connectivity index (χ3n) is 7.48. The lowest BCUT2D eigenvalue weighted by molar-refractivity contribution is 0.0303. The van der Waals surface area contributed by atoms with Crippen molar-refractivity contribution in [3.63, 3.8) is 0 Å². The monoisotopic (exact) mass is 448 g/mol. The Morgan fingerprint density at radius 1 is 1.00 bits per heavy atom. The predicted molar refractivity (Wildman–Crippen MR) is 131 cm³/mol. The molecule has 0 bridgehead atoms. The lowest BCUT2D eigenvalue weighted by Crippen LogP contribution is -2.40. The number of hydrogen-bond donors (Lipinski definition) is 0. The van der Waals surface area contributed by atoms with E-state index in [1.807, 2.05) is 29.2 Å². The van der Waals surface area contributed by atoms with E-state index in [0.717, 1.165) is 41.3 Å². The van der Waals surface area contributed by atoms with Gasteiger partial charge in [-0.25, -0.2) is 0 Å². The van der Waals surface area contributed by atoms with E-state index in [9.17, 15) is 4.79 Å². The molecule has 2 aromatic rings. The first-order valence-corrected chi connectivity index (χ1v) is 12.7. The average Bonchev–Trinajstić information content (AvgIpc) is 3.27. The summed E-state index contributed by atoms with van der Waals surface area (Å²) in [5.41, 5.74) is 4.31. The number of fused-ring (bicyclic) bond motifs is 1. The predicted octanol–water partition coefficient (Wildman–Crippen LogP) is 4.78. The lowest BCUT2D eigenvalue weighted by atomic mass is 10.00. The highest BCUT2D eigenvalue weighted by molar-refractivity contribution is 5.94. The quantitative estimate of drug-likeness (QED) is 0.638. The smallest absolute Gasteiger partial charge is 0.254 e. The van der Waals surface area contributed by atoms with Crippen molar-refractivity contribution in [3.05, 3.63) is 53.6 Å². The van der Waals surface area contributed by atoms with Gasteiger partial charge in [-0.3, -0.25) is 4.79 Å². The van der Waals surface area contributed by atoms with Gasteiger partial charge in [0.25, 0.3) is 5.91 Å². The minimum absolute atomic E-state index is 0.0870. The van der Waals surface area contributed by atoms with Gasteiger partial charge in [-0.2, -0.15) is 0 Å². The summed E-state index contributed by atoms with van der Waals surface area (Å²) >= 11 is 0. The second-order valence-corrected chi connectivity index (χ2v) is 9.77. The van der Waals surface area contributed by atoms with Crippen LogP contribution >= 0.6 is 0 Å². The Morgan fingerprint density at radius 2 is 1.79 bits per heavy atom. The highest BCUT2D eigenvalue weighted by atomic mass is 16.5. The molecule has 0 saturated carbocycles. The van der Waals surface area contributed by atoms with Gasteiger partial charge in [0.05, 0.1) is 13.2 Å². The van der Waals surface area contributed by atoms with Gasteiger partial charge in [-0.05, 0) is 80.6 Å². The van der Waals surface area contributed by atoms with Crippen molar-refractivity contribution in [2.45, 2.75) is 57.6 Å². The number of ether oxygens (including phenoxy) is 2. The molecule has 2 aromatic carbocycles. The van der Waals surface area contributed by atoms with Crippen LogP contribution in [-0.4, -0.2) is 67.2 Å². The lowest BCUT2D eigenvalue weighted by Gasteiger charge is -2.33. The summed E-state index contributed by atoms with van der Waals surface area (Å²) in [6, 6.07) is 15.3. The molecule has 0 N–H and O–H groups in total. The van der Waals surface area contributed by atoms with Crippen molar-refractivity contribution >= 4 is 5.91 Å². The van der Waals surface area contributed by atoms with Gasteiger partial charge in [0.15, 0.2) is 0 Å². The Balaban J connectivity index is 1.17. The molecule has 33 heavy (non-hydrogen) atoms. The molecule has 5 rings (SSSR count). The van der Waals surface area contributed by atoms with E-state index in [0.29, 0.717) is 32.4 Å². The molecule has 3 aliphatic rings. The van der Waals surface area contributed by atoms with Crippen LogP contribution < -0.4 is 4.74 Å². The van der Waals surface area contributed by atoms with Gasteiger partial charge < -0.3 is 19.3 Å². The third kappa shape index (κ3) is 5.25. The topological polar surface area (TPSA) is 42.0 Å². The zero-order valence-corrected chi connectivity index (χ0v) is 19.8. The minimum Gasteiger partial charge on any atom is -0.490 e. The first-order valence-electron chi connectivity index (χ1n) is 12.7. The molecule has 2 fully saturated rings. The SMILES string of the molecule is CC1CCCCN1CCCC1Cc2ccc(-c3ccc(C(=O)N4CCOCC4)cc3)cc2O1. The van der Waals surface area contributed by atoms with Gasteiger partial charge in [0, 0.05) is 31.1 Å². The standard InChI is InChI=1S/C28H36N2O3/c1-21-5-2-3-13-29(21)14-4-6-26-19-25-12-11-24(20-27(25)33-26)22-7-9-23(10-8-22)28(31)30-15-17-32-18-16-30/h7-12,20-21,26H,2-6,13-19H2,1H3. The largest absolute Gasteiger partial charge is 0.490 e. The summed E-state index contributed by atoms with van der Waals surface area (Å²) in [5, 5.41) is 0. The van der Waals surface area contributed by atoms with Crippen LogP contribution in [0.2, 0.25) is 0 Å². The Hall–Kier alpha value is -2.37. The number of rotatable bonds is 6. The molecule has 0 aliphatic carbocycles. The zero-order valence-electron chi connectivity index (χ0n) is 19.8. The summed E-state index contributed by atoms with van der Waals surface area (Å²) in [4.78, 5) is 17.2. The van der Waals surface area contributed by atoms with Gasteiger partial charge in [-0.1, -0.05) is 30.7 Å². The summed E-state index contributed by atoms with van der Waals surface area (Å²) in [5.74, 6) is 1.11. The number of benzene rings is 2. The van der Waals surface area contributed by atoms with Crippen LogP contribution in [0.25, 0.3) is 11.1 Å². The van der Waals surface area contributed by atoms with E-state index in [4.69, 9.17) is 9.47 Å². The Bertz CT molecular complexity index is 952. The first-order chi connectivity index (χ1) is 16.2. The number of carbonyl (C=O) groups is 1. The molecule has 0 radical (unpaired) electrons. The van der Waals surface area contributed by atoms with Crippen LogP contribution in [0.4, 0.5) is 0 Å². The first kappa shape index (κ1) is 22.4. The summed E-state index contributed by atoms with van der Waals surface area (Å²) in [7, 11) is 0. The minimum atomic E-state index is 0.0870. The molecule has 2 saturated heterocycles. The Morgan fingerprint density at radius 3 is 2.58 bits per heavy atom. The van der Waals surface area contributed by atoms with Crippen molar-refractivity contribution in [1.29, 1.82) is 0 Å². The molecule has 3 aliphatic heterocycles. The van der Waals surface area contributed by atoms with E-state index in [1.54, 1.807) is 0 Å². The number of nitrogens with zero attached hydrogens (tertiary/aromatic N) is 2. The molecule has 5 heteroatoms. The van der Waals surface area contributed by atoms with E-state index in [2.05, 4.69) is 30.0 Å². The number of amides is 1. The molecular weight excluding hydrogens is 412 g/mol. The van der Waals surface area contributed by atoms with Crippen LogP contribution in [0.15, 0.2) is 42.5 Å². The molecule has 176 valence electrons. The van der Waals surface area contributed by atoms with E-state index >= 15 is 0 Å². The maximum atomic E-state index is 12.7. The molecule has 2 atom stereocenters. The molecule has 2 unspecified atom stereocenters. The fourth-order valence-corrected chi connectivity index (χ4v) is 5.41. The molecule has 1 amide bonds. The van der Waals surface area contributed by atoms with Crippen LogP contribution in [-0.2, 0) is 11.2 Å². The van der Waals surface area contributed by atoms with Crippen LogP contribution in [0.5, 0.6) is 5.75 Å². The number of likely N-dealkylation sites (tertiary alicyclic amines) is 1. The third-order valence-corrected chi connectivity index (χ3v) is 7.48. The number of morpholine rings is 1. The van der Waals surface area contributed by atoms with Gasteiger partial charge in [0.1, 0.15) is 11.9 Å². The molecular formula is C28H36N2O3. The Labute approximate surface area is 197 Å². The fourth-order valence-electron chi connectivity index (χ4n) is 5.41. The van der Waals surface area contributed by atoms with E-state index < -0.39 is 0 Å². The van der Waals surface area contributed by atoms with E-state index in [-0.39, 0.29) is 5.91 Å². The van der Waals surface area contributed by atoms with Crippen molar-refractivity contribution in [3.8, 4) is 16.9 Å². The number of piperidine rings is 1.